The molecule has 0 aliphatic rings. The van der Waals surface area contributed by atoms with Crippen LogP contribution in [0.25, 0.3) is 0 Å². The van der Waals surface area contributed by atoms with Crippen molar-refractivity contribution in [2.75, 3.05) is 7.11 Å². The number of benzene rings is 1. The molecule has 0 radical (unpaired) electrons. The van der Waals surface area contributed by atoms with Crippen LogP contribution in [-0.2, 0) is 6.18 Å². The normalized spacial score (nSPS) is 12.8. The summed E-state index contributed by atoms with van der Waals surface area (Å²) < 4.78 is 47.3. The molecule has 102 valence electrons. The molecular weight excluding hydrogens is 321 g/mol. The van der Waals surface area contributed by atoms with Crippen LogP contribution in [0.2, 0.25) is 5.15 Å². The lowest BCUT2D eigenvalue weighted by Crippen LogP contribution is -2.07. The van der Waals surface area contributed by atoms with E-state index in [1.54, 1.807) is 0 Å². The lowest BCUT2D eigenvalue weighted by atomic mass is 10.1. The fourth-order valence-electron chi connectivity index (χ4n) is 1.33. The lowest BCUT2D eigenvalue weighted by molar-refractivity contribution is -0.138. The van der Waals surface area contributed by atoms with Gasteiger partial charge in [-0.1, -0.05) is 11.6 Å². The Morgan fingerprint density at radius 1 is 1.37 bits per heavy atom. The number of ether oxygens (including phenoxy) is 1. The van der Waals surface area contributed by atoms with Gasteiger partial charge >= 0.3 is 6.18 Å². The van der Waals surface area contributed by atoms with E-state index in [2.05, 4.69) is 9.37 Å². The predicted octanol–water partition coefficient (Wildman–Crippen LogP) is 4.12. The van der Waals surface area contributed by atoms with Crippen LogP contribution in [0.3, 0.4) is 0 Å². The average molecular weight is 327 g/mol. The standard InChI is InChI=1S/C10H6ClF3N2OS2/c1-17-7-3-2-5(4-6(7)10(12,13)14)15-9-8(11)16-19-18-9/h2-4H,1H3/b15-9-. The van der Waals surface area contributed by atoms with Crippen molar-refractivity contribution in [3.05, 3.63) is 33.6 Å². The van der Waals surface area contributed by atoms with E-state index in [-0.39, 0.29) is 16.6 Å². The van der Waals surface area contributed by atoms with Crippen LogP contribution in [0.15, 0.2) is 23.2 Å². The zero-order valence-corrected chi connectivity index (χ0v) is 11.8. The van der Waals surface area contributed by atoms with Crippen LogP contribution in [0, 0.1) is 0 Å². The molecule has 3 nitrogen and oxygen atoms in total. The van der Waals surface area contributed by atoms with E-state index in [4.69, 9.17) is 16.3 Å². The number of alkyl halides is 3. The summed E-state index contributed by atoms with van der Waals surface area (Å²) in [6, 6.07) is 3.56. The molecular formula is C10H6ClF3N2OS2. The zero-order chi connectivity index (χ0) is 14.0. The Labute approximate surface area is 118 Å². The quantitative estimate of drug-likeness (QED) is 0.778. The highest BCUT2D eigenvalue weighted by molar-refractivity contribution is 7.66. The van der Waals surface area contributed by atoms with Gasteiger partial charge in [-0.15, -0.1) is 0 Å². The summed E-state index contributed by atoms with van der Waals surface area (Å²) in [5.41, 5.74) is -0.730. The summed E-state index contributed by atoms with van der Waals surface area (Å²) >= 11 is 5.75. The second-order valence-corrected chi connectivity index (χ2v) is 5.53. The summed E-state index contributed by atoms with van der Waals surface area (Å²) in [5.74, 6) is -0.246. The Kier molecular flexibility index (Phi) is 4.12. The Morgan fingerprint density at radius 2 is 2.11 bits per heavy atom. The van der Waals surface area contributed by atoms with Crippen molar-refractivity contribution < 1.29 is 17.9 Å². The maximum absolute atomic E-state index is 12.8. The van der Waals surface area contributed by atoms with Gasteiger partial charge in [-0.25, -0.2) is 4.99 Å². The Morgan fingerprint density at radius 3 is 2.63 bits per heavy atom. The predicted molar refractivity (Wildman–Crippen MR) is 68.2 cm³/mol. The first kappa shape index (κ1) is 14.3. The molecule has 0 aliphatic carbocycles. The number of halogens is 4. The molecule has 1 aromatic carbocycles. The number of hydrogen-bond donors (Lipinski definition) is 0. The van der Waals surface area contributed by atoms with Gasteiger partial charge in [0.05, 0.1) is 18.4 Å². The first-order valence-electron chi connectivity index (χ1n) is 4.83. The molecule has 19 heavy (non-hydrogen) atoms. The molecule has 0 unspecified atom stereocenters. The minimum absolute atomic E-state index is 0.145. The van der Waals surface area contributed by atoms with Crippen LogP contribution < -0.4 is 9.41 Å². The third kappa shape index (κ3) is 3.26. The number of nitrogens with zero attached hydrogens (tertiary/aromatic N) is 2. The van der Waals surface area contributed by atoms with Crippen LogP contribution in [0.5, 0.6) is 5.75 Å². The second kappa shape index (κ2) is 5.48. The molecule has 1 heterocycles. The van der Waals surface area contributed by atoms with E-state index in [9.17, 15) is 13.2 Å². The number of aromatic nitrogens is 1. The maximum Gasteiger partial charge on any atom is 0.420 e. The summed E-state index contributed by atoms with van der Waals surface area (Å²) in [6.07, 6.45) is -4.50. The zero-order valence-electron chi connectivity index (χ0n) is 9.36. The molecule has 2 rings (SSSR count). The monoisotopic (exact) mass is 326 g/mol. The molecule has 0 saturated heterocycles. The van der Waals surface area contributed by atoms with Gasteiger partial charge in [-0.05, 0) is 28.5 Å². The third-order valence-electron chi connectivity index (χ3n) is 2.13. The van der Waals surface area contributed by atoms with Crippen molar-refractivity contribution in [3.8, 4) is 5.75 Å². The van der Waals surface area contributed by atoms with Gasteiger partial charge in [0.2, 0.25) is 0 Å². The Balaban J connectivity index is 2.54. The summed E-state index contributed by atoms with van der Waals surface area (Å²) in [5, 5.41) is 0.180. The van der Waals surface area contributed by atoms with E-state index in [1.807, 2.05) is 0 Å². The van der Waals surface area contributed by atoms with Crippen molar-refractivity contribution >= 4 is 38.2 Å². The van der Waals surface area contributed by atoms with Gasteiger partial charge in [-0.3, -0.25) is 0 Å². The van der Waals surface area contributed by atoms with Gasteiger partial charge in [0.25, 0.3) is 0 Å². The van der Waals surface area contributed by atoms with E-state index in [1.165, 1.54) is 29.6 Å². The fourth-order valence-corrected chi connectivity index (χ4v) is 3.32. The minimum atomic E-state index is -4.50. The number of methoxy groups -OCH3 is 1. The van der Waals surface area contributed by atoms with Crippen LogP contribution in [0.1, 0.15) is 5.56 Å². The van der Waals surface area contributed by atoms with E-state index in [0.717, 1.165) is 16.6 Å². The van der Waals surface area contributed by atoms with Crippen molar-refractivity contribution in [2.45, 2.75) is 6.18 Å². The van der Waals surface area contributed by atoms with Crippen molar-refractivity contribution in [1.29, 1.82) is 0 Å². The van der Waals surface area contributed by atoms with Crippen molar-refractivity contribution in [2.24, 2.45) is 4.99 Å². The topological polar surface area (TPSA) is 34.5 Å². The van der Waals surface area contributed by atoms with E-state index < -0.39 is 11.7 Å². The highest BCUT2D eigenvalue weighted by Crippen LogP contribution is 2.38. The van der Waals surface area contributed by atoms with Crippen LogP contribution in [0.4, 0.5) is 18.9 Å². The van der Waals surface area contributed by atoms with Crippen LogP contribution >= 0.6 is 32.5 Å². The summed E-state index contributed by atoms with van der Waals surface area (Å²) in [4.78, 5) is 4.03. The highest BCUT2D eigenvalue weighted by Gasteiger charge is 2.34. The second-order valence-electron chi connectivity index (χ2n) is 3.34. The first-order valence-corrected chi connectivity index (χ1v) is 7.32. The molecule has 0 atom stereocenters. The smallest absolute Gasteiger partial charge is 0.420 e. The van der Waals surface area contributed by atoms with Gasteiger partial charge in [0, 0.05) is 10.5 Å². The number of rotatable bonds is 2. The molecule has 0 bridgehead atoms. The average Bonchev–Trinajstić information content (AvgIpc) is 2.74. The van der Waals surface area contributed by atoms with Gasteiger partial charge in [-0.2, -0.15) is 17.5 Å². The molecule has 0 aliphatic heterocycles. The van der Waals surface area contributed by atoms with Gasteiger partial charge < -0.3 is 4.74 Å². The SMILES string of the molecule is COc1ccc(/N=c2\ssnc2Cl)cc1C(F)(F)F. The van der Waals surface area contributed by atoms with Crippen molar-refractivity contribution in [3.63, 3.8) is 0 Å². The number of hydrogen-bond acceptors (Lipinski definition) is 5. The highest BCUT2D eigenvalue weighted by atomic mass is 35.5. The van der Waals surface area contributed by atoms with Gasteiger partial charge in [0.15, 0.2) is 9.82 Å². The molecule has 1 aromatic heterocycles. The van der Waals surface area contributed by atoms with Crippen LogP contribution in [-0.4, -0.2) is 11.5 Å². The lowest BCUT2D eigenvalue weighted by Gasteiger charge is -2.11. The summed E-state index contributed by atoms with van der Waals surface area (Å²) in [7, 11) is 3.49. The van der Waals surface area contributed by atoms with E-state index in [0.29, 0.717) is 4.67 Å². The van der Waals surface area contributed by atoms with Crippen molar-refractivity contribution in [1.82, 2.24) is 4.37 Å². The third-order valence-corrected chi connectivity index (χ3v) is 4.30. The molecule has 0 N–H and O–H groups in total. The maximum atomic E-state index is 12.8. The molecule has 0 fully saturated rings. The Bertz CT molecular complexity index is 651. The molecule has 0 saturated carbocycles. The van der Waals surface area contributed by atoms with E-state index >= 15 is 0 Å². The largest absolute Gasteiger partial charge is 0.496 e. The molecule has 0 amide bonds. The fraction of sp³-hybridized carbons (Fsp3) is 0.200. The molecule has 2 aromatic rings. The first-order chi connectivity index (χ1) is 8.91. The minimum Gasteiger partial charge on any atom is -0.496 e. The molecule has 9 heteroatoms. The van der Waals surface area contributed by atoms with Gasteiger partial charge in [0.1, 0.15) is 5.75 Å². The molecule has 0 spiro atoms. The Hall–Kier alpha value is -1.12. The summed E-state index contributed by atoms with van der Waals surface area (Å²) in [6.45, 7) is 0.